The molecule has 0 saturated carbocycles. The Morgan fingerprint density at radius 2 is 2.10 bits per heavy atom. The van der Waals surface area contributed by atoms with E-state index >= 15 is 0 Å². The van der Waals surface area contributed by atoms with E-state index in [1.165, 1.54) is 6.33 Å². The summed E-state index contributed by atoms with van der Waals surface area (Å²) in [5.41, 5.74) is 2.40. The van der Waals surface area contributed by atoms with Crippen molar-refractivity contribution in [1.29, 1.82) is 0 Å². The van der Waals surface area contributed by atoms with Crippen molar-refractivity contribution in [2.45, 2.75) is 33.2 Å². The Hall–Kier alpha value is -2.57. The Bertz CT molecular complexity index is 631. The van der Waals surface area contributed by atoms with Crippen LogP contribution in [-0.4, -0.2) is 31.2 Å². The molecule has 0 spiro atoms. The molecule has 0 saturated heterocycles. The quantitative estimate of drug-likeness (QED) is 0.833. The van der Waals surface area contributed by atoms with Crippen molar-refractivity contribution in [3.8, 4) is 0 Å². The summed E-state index contributed by atoms with van der Waals surface area (Å²) in [4.78, 5) is 19.5. The third-order valence-electron chi connectivity index (χ3n) is 3.14. The van der Waals surface area contributed by atoms with E-state index in [2.05, 4.69) is 25.5 Å². The first-order chi connectivity index (χ1) is 10.2. The van der Waals surface area contributed by atoms with Crippen molar-refractivity contribution in [2.75, 3.05) is 5.32 Å². The van der Waals surface area contributed by atoms with Crippen LogP contribution >= 0.6 is 0 Å². The second-order valence-corrected chi connectivity index (χ2v) is 4.42. The van der Waals surface area contributed by atoms with E-state index in [-0.39, 0.29) is 11.4 Å². The van der Waals surface area contributed by atoms with E-state index in [9.17, 15) is 9.90 Å². The second kappa shape index (κ2) is 6.74. The van der Waals surface area contributed by atoms with Crippen LogP contribution in [0.15, 0.2) is 18.6 Å². The predicted octanol–water partition coefficient (Wildman–Crippen LogP) is 1.70. The Balaban J connectivity index is 2.32. The molecule has 0 bridgehead atoms. The van der Waals surface area contributed by atoms with E-state index in [0.29, 0.717) is 19.4 Å². The van der Waals surface area contributed by atoms with Crippen LogP contribution in [0.1, 0.15) is 41.2 Å². The van der Waals surface area contributed by atoms with Crippen LogP contribution in [0.2, 0.25) is 0 Å². The standard InChI is InChI=1S/C14H17N5O2/c1-3-10-11(4-2)18-19-13(12(10)14(20)21)16-7-9-5-6-15-8-17-9/h5-6,8H,3-4,7H2,1-2H3,(H,16,19)(H,20,21). The molecule has 21 heavy (non-hydrogen) atoms. The Morgan fingerprint density at radius 3 is 2.67 bits per heavy atom. The highest BCUT2D eigenvalue weighted by molar-refractivity contribution is 5.95. The van der Waals surface area contributed by atoms with E-state index in [1.54, 1.807) is 12.3 Å². The molecule has 0 radical (unpaired) electrons. The molecule has 0 amide bonds. The molecular formula is C14H17N5O2. The number of aromatic nitrogens is 4. The molecular weight excluding hydrogens is 270 g/mol. The van der Waals surface area contributed by atoms with Gasteiger partial charge in [0.05, 0.1) is 17.9 Å². The Kier molecular flexibility index (Phi) is 4.76. The topological polar surface area (TPSA) is 101 Å². The lowest BCUT2D eigenvalue weighted by Gasteiger charge is -2.13. The van der Waals surface area contributed by atoms with Crippen LogP contribution in [0.25, 0.3) is 0 Å². The molecule has 0 aliphatic heterocycles. The summed E-state index contributed by atoms with van der Waals surface area (Å²) in [6, 6.07) is 1.75. The number of hydrogen-bond acceptors (Lipinski definition) is 6. The minimum absolute atomic E-state index is 0.193. The SMILES string of the molecule is CCc1nnc(NCc2ccncn2)c(C(=O)O)c1CC. The Labute approximate surface area is 122 Å². The zero-order valence-corrected chi connectivity index (χ0v) is 12.0. The molecule has 7 nitrogen and oxygen atoms in total. The van der Waals surface area contributed by atoms with Gasteiger partial charge in [-0.25, -0.2) is 14.8 Å². The predicted molar refractivity (Wildman–Crippen MR) is 77.1 cm³/mol. The van der Waals surface area contributed by atoms with Crippen molar-refractivity contribution in [3.63, 3.8) is 0 Å². The zero-order valence-electron chi connectivity index (χ0n) is 12.0. The van der Waals surface area contributed by atoms with Crippen molar-refractivity contribution in [3.05, 3.63) is 41.1 Å². The molecule has 0 fully saturated rings. The fourth-order valence-electron chi connectivity index (χ4n) is 2.12. The number of nitrogens with one attached hydrogen (secondary N) is 1. The number of aryl methyl sites for hydroxylation is 1. The second-order valence-electron chi connectivity index (χ2n) is 4.42. The van der Waals surface area contributed by atoms with Gasteiger partial charge in [-0.05, 0) is 24.5 Å². The van der Waals surface area contributed by atoms with E-state index in [4.69, 9.17) is 0 Å². The van der Waals surface area contributed by atoms with E-state index < -0.39 is 5.97 Å². The summed E-state index contributed by atoms with van der Waals surface area (Å²) < 4.78 is 0. The van der Waals surface area contributed by atoms with Gasteiger partial charge >= 0.3 is 5.97 Å². The number of hydrogen-bond donors (Lipinski definition) is 2. The number of carboxylic acid groups (broad SMARTS) is 1. The first kappa shape index (κ1) is 14.8. The van der Waals surface area contributed by atoms with Crippen molar-refractivity contribution >= 4 is 11.8 Å². The number of anilines is 1. The maximum absolute atomic E-state index is 11.5. The molecule has 7 heteroatoms. The third-order valence-corrected chi connectivity index (χ3v) is 3.14. The van der Waals surface area contributed by atoms with Gasteiger partial charge in [-0.1, -0.05) is 13.8 Å². The molecule has 0 atom stereocenters. The monoisotopic (exact) mass is 287 g/mol. The molecule has 110 valence electrons. The summed E-state index contributed by atoms with van der Waals surface area (Å²) in [7, 11) is 0. The summed E-state index contributed by atoms with van der Waals surface area (Å²) in [6.45, 7) is 4.21. The van der Waals surface area contributed by atoms with Crippen LogP contribution < -0.4 is 5.32 Å². The average Bonchev–Trinajstić information content (AvgIpc) is 2.52. The summed E-state index contributed by atoms with van der Waals surface area (Å²) in [6.07, 6.45) is 4.33. The lowest BCUT2D eigenvalue weighted by Crippen LogP contribution is -2.15. The van der Waals surface area contributed by atoms with Gasteiger partial charge in [0.1, 0.15) is 11.9 Å². The number of carbonyl (C=O) groups is 1. The molecule has 2 aromatic heterocycles. The van der Waals surface area contributed by atoms with E-state index in [0.717, 1.165) is 17.0 Å². The minimum atomic E-state index is -0.998. The summed E-state index contributed by atoms with van der Waals surface area (Å²) in [5, 5.41) is 20.6. The molecule has 2 heterocycles. The smallest absolute Gasteiger partial charge is 0.339 e. The van der Waals surface area contributed by atoms with Gasteiger partial charge in [-0.2, -0.15) is 5.10 Å². The zero-order chi connectivity index (χ0) is 15.2. The fourth-order valence-corrected chi connectivity index (χ4v) is 2.12. The van der Waals surface area contributed by atoms with Gasteiger partial charge in [-0.3, -0.25) is 0 Å². The maximum Gasteiger partial charge on any atom is 0.339 e. The molecule has 0 unspecified atom stereocenters. The molecule has 0 aliphatic carbocycles. The number of nitrogens with zero attached hydrogens (tertiary/aromatic N) is 4. The van der Waals surface area contributed by atoms with Gasteiger partial charge in [0.2, 0.25) is 0 Å². The van der Waals surface area contributed by atoms with Gasteiger partial charge in [0, 0.05) is 6.20 Å². The number of aromatic carboxylic acids is 1. The summed E-state index contributed by atoms with van der Waals surface area (Å²) in [5.74, 6) is -0.725. The average molecular weight is 287 g/mol. The Morgan fingerprint density at radius 1 is 1.29 bits per heavy atom. The van der Waals surface area contributed by atoms with Crippen LogP contribution in [0.4, 0.5) is 5.82 Å². The van der Waals surface area contributed by atoms with Crippen molar-refractivity contribution < 1.29 is 9.90 Å². The van der Waals surface area contributed by atoms with Crippen molar-refractivity contribution in [2.24, 2.45) is 0 Å². The number of carboxylic acids is 1. The van der Waals surface area contributed by atoms with Gasteiger partial charge in [0.25, 0.3) is 0 Å². The highest BCUT2D eigenvalue weighted by Crippen LogP contribution is 2.21. The maximum atomic E-state index is 11.5. The van der Waals surface area contributed by atoms with Crippen LogP contribution in [-0.2, 0) is 19.4 Å². The highest BCUT2D eigenvalue weighted by Gasteiger charge is 2.20. The van der Waals surface area contributed by atoms with Crippen molar-refractivity contribution in [1.82, 2.24) is 20.2 Å². The minimum Gasteiger partial charge on any atom is -0.478 e. The highest BCUT2D eigenvalue weighted by atomic mass is 16.4. The first-order valence-electron chi connectivity index (χ1n) is 6.77. The van der Waals surface area contributed by atoms with E-state index in [1.807, 2.05) is 13.8 Å². The third kappa shape index (κ3) is 3.31. The molecule has 0 aromatic carbocycles. The molecule has 2 aromatic rings. The largest absolute Gasteiger partial charge is 0.478 e. The first-order valence-corrected chi connectivity index (χ1v) is 6.77. The lowest BCUT2D eigenvalue weighted by molar-refractivity contribution is 0.0696. The summed E-state index contributed by atoms with van der Waals surface area (Å²) >= 11 is 0. The molecule has 0 aliphatic rings. The lowest BCUT2D eigenvalue weighted by atomic mass is 10.0. The van der Waals surface area contributed by atoms with Gasteiger partial charge in [0.15, 0.2) is 5.82 Å². The molecule has 2 rings (SSSR count). The van der Waals surface area contributed by atoms with Crippen LogP contribution in [0.5, 0.6) is 0 Å². The van der Waals surface area contributed by atoms with Gasteiger partial charge in [-0.15, -0.1) is 5.10 Å². The normalized spacial score (nSPS) is 10.4. The van der Waals surface area contributed by atoms with Gasteiger partial charge < -0.3 is 10.4 Å². The van der Waals surface area contributed by atoms with Crippen LogP contribution in [0, 0.1) is 0 Å². The number of rotatable bonds is 6. The fraction of sp³-hybridized carbons (Fsp3) is 0.357. The van der Waals surface area contributed by atoms with Crippen LogP contribution in [0.3, 0.4) is 0 Å². The molecule has 2 N–H and O–H groups in total.